The van der Waals surface area contributed by atoms with Crippen LogP contribution in [0.3, 0.4) is 0 Å². The maximum atomic E-state index is 7.29. The topological polar surface area (TPSA) is 23.9 Å². The van der Waals surface area contributed by atoms with Crippen LogP contribution in [0, 0.1) is 16.7 Å². The SMILES string of the molecule is CC1C(=C=N)CCCC12CCCC2. The molecule has 0 aromatic rings. The molecule has 2 fully saturated rings. The summed E-state index contributed by atoms with van der Waals surface area (Å²) in [5.41, 5.74) is 1.87. The van der Waals surface area contributed by atoms with Crippen molar-refractivity contribution in [1.82, 2.24) is 0 Å². The summed E-state index contributed by atoms with van der Waals surface area (Å²) in [5, 5.41) is 7.29. The molecule has 0 heterocycles. The van der Waals surface area contributed by atoms with Crippen molar-refractivity contribution in [3.8, 4) is 0 Å². The predicted octanol–water partition coefficient (Wildman–Crippen LogP) is 3.54. The largest absolute Gasteiger partial charge is 0.259 e. The third-order valence-corrected chi connectivity index (χ3v) is 4.32. The minimum absolute atomic E-state index is 0.585. The van der Waals surface area contributed by atoms with E-state index in [1.54, 1.807) is 0 Å². The molecule has 2 aliphatic rings. The normalized spacial score (nSPS) is 32.1. The minimum Gasteiger partial charge on any atom is -0.259 e. The van der Waals surface area contributed by atoms with Gasteiger partial charge in [-0.2, -0.15) is 0 Å². The van der Waals surface area contributed by atoms with Crippen molar-refractivity contribution in [1.29, 1.82) is 5.41 Å². The van der Waals surface area contributed by atoms with E-state index in [4.69, 9.17) is 5.41 Å². The molecule has 2 aliphatic carbocycles. The molecule has 2 saturated carbocycles. The first-order chi connectivity index (χ1) is 6.28. The molecule has 1 unspecified atom stereocenters. The Morgan fingerprint density at radius 2 is 1.85 bits per heavy atom. The maximum Gasteiger partial charge on any atom is -0.00608 e. The lowest BCUT2D eigenvalue weighted by molar-refractivity contribution is 0.161. The molecule has 0 radical (unpaired) electrons. The van der Waals surface area contributed by atoms with E-state index in [0.717, 1.165) is 6.42 Å². The van der Waals surface area contributed by atoms with Crippen molar-refractivity contribution < 1.29 is 0 Å². The zero-order valence-electron chi connectivity index (χ0n) is 8.53. The monoisotopic (exact) mass is 177 g/mol. The van der Waals surface area contributed by atoms with Crippen molar-refractivity contribution in [2.75, 3.05) is 0 Å². The van der Waals surface area contributed by atoms with Crippen molar-refractivity contribution in [3.05, 3.63) is 5.57 Å². The summed E-state index contributed by atoms with van der Waals surface area (Å²) in [7, 11) is 0. The maximum absolute atomic E-state index is 7.29. The van der Waals surface area contributed by atoms with Crippen molar-refractivity contribution in [2.24, 2.45) is 11.3 Å². The molecule has 0 aromatic carbocycles. The number of hydrogen-bond acceptors (Lipinski definition) is 1. The number of rotatable bonds is 0. The van der Waals surface area contributed by atoms with Gasteiger partial charge in [0.05, 0.1) is 0 Å². The third-order valence-electron chi connectivity index (χ3n) is 4.32. The van der Waals surface area contributed by atoms with Crippen LogP contribution in [-0.2, 0) is 0 Å². The standard InChI is InChI=1S/C12H19N/c1-10-11(9-13)5-4-8-12(10)6-2-3-7-12/h10,13H,2-8H2,1H3. The zero-order chi connectivity index (χ0) is 9.31. The Morgan fingerprint density at radius 3 is 2.46 bits per heavy atom. The smallest absolute Gasteiger partial charge is 0.00608 e. The van der Waals surface area contributed by atoms with Gasteiger partial charge in [-0.3, -0.25) is 5.41 Å². The lowest BCUT2D eigenvalue weighted by Gasteiger charge is -2.40. The van der Waals surface area contributed by atoms with Crippen LogP contribution in [0.2, 0.25) is 0 Å². The van der Waals surface area contributed by atoms with Gasteiger partial charge in [0.15, 0.2) is 0 Å². The third kappa shape index (κ3) is 1.36. The van der Waals surface area contributed by atoms with Gasteiger partial charge in [-0.15, -0.1) is 0 Å². The van der Waals surface area contributed by atoms with Crippen LogP contribution >= 0.6 is 0 Å². The first kappa shape index (κ1) is 9.02. The zero-order valence-corrected chi connectivity index (χ0v) is 8.53. The second kappa shape index (κ2) is 3.31. The first-order valence-electron chi connectivity index (χ1n) is 5.57. The highest BCUT2D eigenvalue weighted by Gasteiger charge is 2.42. The van der Waals surface area contributed by atoms with E-state index in [2.05, 4.69) is 12.8 Å². The Kier molecular flexibility index (Phi) is 2.29. The Bertz CT molecular complexity index is 242. The molecule has 1 N–H and O–H groups in total. The molecule has 1 spiro atoms. The molecular formula is C12H19N. The van der Waals surface area contributed by atoms with Crippen molar-refractivity contribution in [3.63, 3.8) is 0 Å². The Morgan fingerprint density at radius 1 is 1.23 bits per heavy atom. The summed E-state index contributed by atoms with van der Waals surface area (Å²) >= 11 is 0. The molecule has 13 heavy (non-hydrogen) atoms. The fourth-order valence-electron chi connectivity index (χ4n) is 3.37. The molecule has 1 heteroatoms. The van der Waals surface area contributed by atoms with E-state index in [9.17, 15) is 0 Å². The fourth-order valence-corrected chi connectivity index (χ4v) is 3.37. The second-order valence-corrected chi connectivity index (χ2v) is 4.79. The van der Waals surface area contributed by atoms with Crippen molar-refractivity contribution >= 4 is 5.87 Å². The quantitative estimate of drug-likeness (QED) is 0.547. The molecule has 1 atom stereocenters. The highest BCUT2D eigenvalue weighted by atomic mass is 14.5. The average molecular weight is 177 g/mol. The van der Waals surface area contributed by atoms with Gasteiger partial charge in [-0.1, -0.05) is 19.8 Å². The fraction of sp³-hybridized carbons (Fsp3) is 0.833. The molecule has 72 valence electrons. The molecule has 0 bridgehead atoms. The summed E-state index contributed by atoms with van der Waals surface area (Å²) in [4.78, 5) is 0. The Hall–Kier alpha value is -0.550. The van der Waals surface area contributed by atoms with E-state index in [-0.39, 0.29) is 0 Å². The molecule has 0 aliphatic heterocycles. The van der Waals surface area contributed by atoms with Crippen LogP contribution in [0.4, 0.5) is 0 Å². The van der Waals surface area contributed by atoms with E-state index in [0.29, 0.717) is 11.3 Å². The number of allylic oxidation sites excluding steroid dienone is 1. The van der Waals surface area contributed by atoms with Gasteiger partial charge in [0.25, 0.3) is 0 Å². The van der Waals surface area contributed by atoms with E-state index >= 15 is 0 Å². The summed E-state index contributed by atoms with van der Waals surface area (Å²) in [6.07, 6.45) is 9.46. The van der Waals surface area contributed by atoms with Crippen LogP contribution in [0.1, 0.15) is 51.9 Å². The lowest BCUT2D eigenvalue weighted by Crippen LogP contribution is -2.30. The van der Waals surface area contributed by atoms with E-state index in [1.165, 1.54) is 44.1 Å². The van der Waals surface area contributed by atoms with Gasteiger partial charge in [-0.05, 0) is 54.9 Å². The van der Waals surface area contributed by atoms with Gasteiger partial charge in [0.1, 0.15) is 0 Å². The van der Waals surface area contributed by atoms with Crippen LogP contribution in [0.15, 0.2) is 5.57 Å². The lowest BCUT2D eigenvalue weighted by atomic mass is 9.64. The van der Waals surface area contributed by atoms with Gasteiger partial charge in [-0.25, -0.2) is 0 Å². The number of nitrogens with one attached hydrogen (secondary N) is 1. The van der Waals surface area contributed by atoms with Gasteiger partial charge in [0.2, 0.25) is 0 Å². The summed E-state index contributed by atoms with van der Waals surface area (Å²) in [6, 6.07) is 0. The second-order valence-electron chi connectivity index (χ2n) is 4.79. The molecular weight excluding hydrogens is 158 g/mol. The summed E-state index contributed by atoms with van der Waals surface area (Å²) in [5.74, 6) is 3.31. The predicted molar refractivity (Wildman–Crippen MR) is 55.2 cm³/mol. The molecule has 1 nitrogen and oxygen atoms in total. The van der Waals surface area contributed by atoms with Crippen LogP contribution in [0.5, 0.6) is 0 Å². The molecule has 0 amide bonds. The van der Waals surface area contributed by atoms with Crippen molar-refractivity contribution in [2.45, 2.75) is 51.9 Å². The molecule has 2 rings (SSSR count). The Labute approximate surface area is 80.7 Å². The summed E-state index contributed by atoms with van der Waals surface area (Å²) in [6.45, 7) is 2.32. The van der Waals surface area contributed by atoms with Gasteiger partial charge < -0.3 is 0 Å². The number of hydrogen-bond donors (Lipinski definition) is 1. The van der Waals surface area contributed by atoms with Gasteiger partial charge >= 0.3 is 0 Å². The van der Waals surface area contributed by atoms with Crippen LogP contribution in [0.25, 0.3) is 0 Å². The Balaban J connectivity index is 2.24. The first-order valence-corrected chi connectivity index (χ1v) is 5.57. The van der Waals surface area contributed by atoms with Crippen LogP contribution in [-0.4, -0.2) is 5.87 Å². The van der Waals surface area contributed by atoms with Crippen LogP contribution < -0.4 is 0 Å². The highest BCUT2D eigenvalue weighted by molar-refractivity contribution is 5.56. The minimum atomic E-state index is 0.585. The van der Waals surface area contributed by atoms with E-state index < -0.39 is 0 Å². The van der Waals surface area contributed by atoms with Gasteiger partial charge in [0, 0.05) is 0 Å². The summed E-state index contributed by atoms with van der Waals surface area (Å²) < 4.78 is 0. The molecule has 0 aromatic heterocycles. The molecule has 0 saturated heterocycles. The highest BCUT2D eigenvalue weighted by Crippen LogP contribution is 2.53. The average Bonchev–Trinajstić information content (AvgIpc) is 2.60. The van der Waals surface area contributed by atoms with E-state index in [1.807, 2.05) is 0 Å².